The van der Waals surface area contributed by atoms with Crippen LogP contribution in [0.25, 0.3) is 140 Å². The number of fused-ring (bicyclic) bond motifs is 3. The van der Waals surface area contributed by atoms with Gasteiger partial charge in [-0.1, -0.05) is 273 Å². The second kappa shape index (κ2) is 20.5. The van der Waals surface area contributed by atoms with Crippen LogP contribution in [0.5, 0.6) is 0 Å². The Morgan fingerprint density at radius 1 is 0.190 bits per heavy atom. The van der Waals surface area contributed by atoms with Crippen molar-refractivity contribution in [2.75, 3.05) is 0 Å². The van der Waals surface area contributed by atoms with E-state index in [0.717, 1.165) is 77.9 Å². The van der Waals surface area contributed by atoms with Crippen LogP contribution in [-0.2, 0) is 0 Å². The number of nitrogens with zero attached hydrogens (tertiary/aromatic N) is 4. The van der Waals surface area contributed by atoms with Gasteiger partial charge in [-0.3, -0.25) is 0 Å². The Morgan fingerprint density at radius 2 is 0.481 bits per heavy atom. The fourth-order valence-electron chi connectivity index (χ4n) is 11.5. The zero-order valence-corrected chi connectivity index (χ0v) is 43.2. The van der Waals surface area contributed by atoms with Crippen molar-refractivity contribution in [1.82, 2.24) is 19.5 Å². The molecular weight excluding hydrogens is 957 g/mol. The van der Waals surface area contributed by atoms with E-state index in [4.69, 9.17) is 15.0 Å². The first-order chi connectivity index (χ1) is 39.2. The topological polar surface area (TPSA) is 43.6 Å². The summed E-state index contributed by atoms with van der Waals surface area (Å²) in [5, 5.41) is 2.34. The van der Waals surface area contributed by atoms with Gasteiger partial charge in [0.25, 0.3) is 0 Å². The zero-order chi connectivity index (χ0) is 52.5. The van der Waals surface area contributed by atoms with Crippen LogP contribution < -0.4 is 0 Å². The van der Waals surface area contributed by atoms with Gasteiger partial charge in [-0.2, -0.15) is 0 Å². The summed E-state index contributed by atoms with van der Waals surface area (Å²) in [6.45, 7) is 0. The largest absolute Gasteiger partial charge is 0.308 e. The molecule has 2 aromatic heterocycles. The van der Waals surface area contributed by atoms with E-state index in [1.807, 2.05) is 36.4 Å². The molecule has 14 aromatic rings. The van der Waals surface area contributed by atoms with Crippen molar-refractivity contribution in [3.8, 4) is 118 Å². The van der Waals surface area contributed by atoms with E-state index in [1.165, 1.54) is 44.2 Å². The number of hydrogen-bond acceptors (Lipinski definition) is 3. The van der Waals surface area contributed by atoms with Crippen molar-refractivity contribution >= 4 is 21.8 Å². The molecule has 12 aromatic carbocycles. The molecule has 0 amide bonds. The molecule has 0 N–H and O–H groups in total. The average Bonchev–Trinajstić information content (AvgIpc) is 4.16. The summed E-state index contributed by atoms with van der Waals surface area (Å²) in [5.41, 5.74) is 22.1. The highest BCUT2D eigenvalue weighted by molar-refractivity contribution is 6.18. The first-order valence-electron chi connectivity index (χ1n) is 26.8. The van der Waals surface area contributed by atoms with Gasteiger partial charge in [0.05, 0.1) is 11.0 Å². The first-order valence-corrected chi connectivity index (χ1v) is 26.8. The molecule has 0 radical (unpaired) electrons. The minimum atomic E-state index is 0.611. The molecule has 0 fully saturated rings. The maximum Gasteiger partial charge on any atom is 0.164 e. The zero-order valence-electron chi connectivity index (χ0n) is 43.2. The van der Waals surface area contributed by atoms with Crippen molar-refractivity contribution in [1.29, 1.82) is 0 Å². The second-order valence-corrected chi connectivity index (χ2v) is 19.8. The molecule has 0 aliphatic heterocycles. The molecule has 4 heteroatoms. The summed E-state index contributed by atoms with van der Waals surface area (Å²) in [6.07, 6.45) is 0. The number of rotatable bonds is 11. The van der Waals surface area contributed by atoms with Gasteiger partial charge in [0, 0.05) is 44.3 Å². The van der Waals surface area contributed by atoms with Crippen LogP contribution in [0.15, 0.2) is 303 Å². The Balaban J connectivity index is 0.967. The lowest BCUT2D eigenvalue weighted by Crippen LogP contribution is -2.01. The summed E-state index contributed by atoms with van der Waals surface area (Å²) in [5.74, 6) is 1.86. The van der Waals surface area contributed by atoms with Gasteiger partial charge in [0.2, 0.25) is 0 Å². The number of benzene rings is 12. The van der Waals surface area contributed by atoms with Gasteiger partial charge in [0.15, 0.2) is 17.5 Å². The van der Waals surface area contributed by atoms with E-state index in [1.54, 1.807) is 0 Å². The lowest BCUT2D eigenvalue weighted by Gasteiger charge is -2.19. The third kappa shape index (κ3) is 8.78. The molecular formula is C75H50N4. The van der Waals surface area contributed by atoms with Crippen molar-refractivity contribution in [2.24, 2.45) is 0 Å². The number of aromatic nitrogens is 4. The minimum Gasteiger partial charge on any atom is -0.308 e. The smallest absolute Gasteiger partial charge is 0.164 e. The van der Waals surface area contributed by atoms with Gasteiger partial charge in [0.1, 0.15) is 0 Å². The van der Waals surface area contributed by atoms with E-state index in [9.17, 15) is 0 Å². The Kier molecular flexibility index (Phi) is 12.2. The van der Waals surface area contributed by atoms with Crippen LogP contribution in [-0.4, -0.2) is 19.5 Å². The molecule has 0 saturated heterocycles. The number of para-hydroxylation sites is 3. The summed E-state index contributed by atoms with van der Waals surface area (Å²) in [7, 11) is 0. The monoisotopic (exact) mass is 1010 g/mol. The van der Waals surface area contributed by atoms with Crippen molar-refractivity contribution in [2.45, 2.75) is 0 Å². The van der Waals surface area contributed by atoms with E-state index in [0.29, 0.717) is 17.5 Å². The molecule has 0 aliphatic carbocycles. The molecule has 2 heterocycles. The Hall–Kier alpha value is -10.6. The molecule has 79 heavy (non-hydrogen) atoms. The summed E-state index contributed by atoms with van der Waals surface area (Å²) in [4.78, 5) is 15.5. The molecule has 4 nitrogen and oxygen atoms in total. The molecule has 0 atom stereocenters. The summed E-state index contributed by atoms with van der Waals surface area (Å²) < 4.78 is 2.50. The van der Waals surface area contributed by atoms with Crippen LogP contribution in [0, 0.1) is 0 Å². The van der Waals surface area contributed by atoms with Crippen molar-refractivity contribution < 1.29 is 0 Å². The standard InChI is InChI=1S/C75H50N4/c1-6-26-51(27-7-1)55-48-56(52-28-8-2-9-29-52)50-57(49-55)59-36-16-17-37-60(59)61-38-18-20-40-63(61)66-44-24-46-68-69-47-25-45-67(72(69)79(71(66)68)58-34-14-5-15-35-58)64-41-21-19-39-62(64)65-42-22-23-43-70(65)75-77-73(53-30-10-3-11-31-53)76-74(78-75)54-32-12-4-13-33-54/h1-50H. The maximum atomic E-state index is 5.22. The van der Waals surface area contributed by atoms with Gasteiger partial charge in [-0.05, 0) is 97.1 Å². The molecule has 0 unspecified atom stereocenters. The highest BCUT2D eigenvalue weighted by Gasteiger charge is 2.24. The van der Waals surface area contributed by atoms with E-state index in [2.05, 4.69) is 271 Å². The van der Waals surface area contributed by atoms with E-state index >= 15 is 0 Å². The lowest BCUT2D eigenvalue weighted by molar-refractivity contribution is 1.07. The first kappa shape index (κ1) is 46.9. The lowest BCUT2D eigenvalue weighted by atomic mass is 9.87. The molecule has 0 bridgehead atoms. The van der Waals surface area contributed by atoms with Crippen molar-refractivity contribution in [3.05, 3.63) is 303 Å². The Morgan fingerprint density at radius 3 is 0.911 bits per heavy atom. The fourth-order valence-corrected chi connectivity index (χ4v) is 11.5. The third-order valence-electron chi connectivity index (χ3n) is 15.1. The summed E-state index contributed by atoms with van der Waals surface area (Å²) >= 11 is 0. The minimum absolute atomic E-state index is 0.611. The van der Waals surface area contributed by atoms with Gasteiger partial charge < -0.3 is 4.57 Å². The average molecular weight is 1010 g/mol. The predicted molar refractivity (Wildman–Crippen MR) is 329 cm³/mol. The van der Waals surface area contributed by atoms with Crippen LogP contribution in [0.1, 0.15) is 0 Å². The van der Waals surface area contributed by atoms with Crippen LogP contribution in [0.4, 0.5) is 0 Å². The van der Waals surface area contributed by atoms with E-state index < -0.39 is 0 Å². The normalized spacial score (nSPS) is 11.3. The quantitative estimate of drug-likeness (QED) is 0.130. The molecule has 0 saturated carbocycles. The molecule has 0 spiro atoms. The third-order valence-corrected chi connectivity index (χ3v) is 15.1. The Labute approximate surface area is 460 Å². The van der Waals surface area contributed by atoms with Crippen LogP contribution in [0.2, 0.25) is 0 Å². The molecule has 0 aliphatic rings. The maximum absolute atomic E-state index is 5.22. The second-order valence-electron chi connectivity index (χ2n) is 19.8. The SMILES string of the molecule is c1ccc(-c2cc(-c3ccccc3)cc(-c3ccccc3-c3ccccc3-c3cccc4c5cccc(-c6ccccc6-c6ccccc6-c6nc(-c7ccccc7)nc(-c7ccccc7)n6)c5n(-c5ccccc5)c34)c2)cc1. The van der Waals surface area contributed by atoms with Gasteiger partial charge in [-0.25, -0.2) is 15.0 Å². The highest BCUT2D eigenvalue weighted by Crippen LogP contribution is 2.48. The van der Waals surface area contributed by atoms with Crippen LogP contribution in [0.3, 0.4) is 0 Å². The van der Waals surface area contributed by atoms with Gasteiger partial charge in [-0.15, -0.1) is 0 Å². The van der Waals surface area contributed by atoms with Gasteiger partial charge >= 0.3 is 0 Å². The molecule has 14 rings (SSSR count). The summed E-state index contributed by atoms with van der Waals surface area (Å²) in [6, 6.07) is 108. The van der Waals surface area contributed by atoms with E-state index in [-0.39, 0.29) is 0 Å². The Bertz CT molecular complexity index is 4130. The number of hydrogen-bond donors (Lipinski definition) is 0. The van der Waals surface area contributed by atoms with Crippen LogP contribution >= 0.6 is 0 Å². The predicted octanol–water partition coefficient (Wildman–Crippen LogP) is 19.6. The highest BCUT2D eigenvalue weighted by atomic mass is 15.0. The fraction of sp³-hybridized carbons (Fsp3) is 0. The molecule has 370 valence electrons. The van der Waals surface area contributed by atoms with Crippen molar-refractivity contribution in [3.63, 3.8) is 0 Å².